The molecule has 0 radical (unpaired) electrons. The van der Waals surface area contributed by atoms with Crippen LogP contribution in [-0.2, 0) is 23.9 Å². The van der Waals surface area contributed by atoms with Crippen LogP contribution in [0, 0.1) is 11.8 Å². The summed E-state index contributed by atoms with van der Waals surface area (Å²) in [4.78, 5) is 28.3. The zero-order chi connectivity index (χ0) is 15.7. The van der Waals surface area contributed by atoms with Crippen molar-refractivity contribution in [3.8, 4) is 0 Å². The topological polar surface area (TPSA) is 74.2 Å². The normalized spacial score (nSPS) is 22.8. The van der Waals surface area contributed by atoms with Crippen molar-refractivity contribution in [1.29, 1.82) is 0 Å². The van der Waals surface area contributed by atoms with E-state index >= 15 is 0 Å². The third-order valence-corrected chi connectivity index (χ3v) is 3.97. The summed E-state index contributed by atoms with van der Waals surface area (Å²) in [5, 5.41) is 3.76. The van der Waals surface area contributed by atoms with E-state index in [-0.39, 0.29) is 23.6 Å². The Labute approximate surface area is 125 Å². The van der Waals surface area contributed by atoms with Crippen molar-refractivity contribution < 1.29 is 23.9 Å². The van der Waals surface area contributed by atoms with Crippen LogP contribution in [0.1, 0.15) is 44.9 Å². The highest BCUT2D eigenvalue weighted by Gasteiger charge is 2.31. The summed E-state index contributed by atoms with van der Waals surface area (Å²) in [5.41, 5.74) is 0. The Morgan fingerprint density at radius 3 is 2.24 bits per heavy atom. The minimum Gasteiger partial charge on any atom is -0.482 e. The van der Waals surface area contributed by atoms with E-state index in [4.69, 9.17) is 4.74 Å². The molecule has 1 aliphatic rings. The average Bonchev–Trinajstić information content (AvgIpc) is 2.51. The van der Waals surface area contributed by atoms with Crippen LogP contribution in [-0.4, -0.2) is 39.0 Å². The van der Waals surface area contributed by atoms with E-state index in [2.05, 4.69) is 14.7 Å². The van der Waals surface area contributed by atoms with Crippen LogP contribution < -0.4 is 0 Å². The van der Waals surface area contributed by atoms with Gasteiger partial charge in [-0.15, -0.1) is 0 Å². The molecule has 0 N–H and O–H groups in total. The zero-order valence-electron chi connectivity index (χ0n) is 13.1. The summed E-state index contributed by atoms with van der Waals surface area (Å²) in [6.45, 7) is 0. The number of ketones is 1. The molecular formula is C15H25NO5. The van der Waals surface area contributed by atoms with Crippen molar-refractivity contribution in [3.63, 3.8) is 0 Å². The first-order valence-electron chi connectivity index (χ1n) is 7.36. The van der Waals surface area contributed by atoms with Crippen molar-refractivity contribution in [2.24, 2.45) is 17.0 Å². The van der Waals surface area contributed by atoms with Gasteiger partial charge in [0.15, 0.2) is 0 Å². The van der Waals surface area contributed by atoms with Gasteiger partial charge in [-0.1, -0.05) is 11.6 Å². The molecule has 0 aromatic rings. The Morgan fingerprint density at radius 1 is 1.10 bits per heavy atom. The minimum absolute atomic E-state index is 0.0202. The molecular weight excluding hydrogens is 274 g/mol. The lowest BCUT2D eigenvalue weighted by Crippen LogP contribution is -2.29. The second-order valence-corrected chi connectivity index (χ2v) is 5.25. The molecule has 2 atom stereocenters. The molecule has 6 heteroatoms. The highest BCUT2D eigenvalue weighted by molar-refractivity contribution is 5.85. The molecule has 0 heterocycles. The number of hydrogen-bond acceptors (Lipinski definition) is 6. The van der Waals surface area contributed by atoms with Crippen LogP contribution in [0.5, 0.6) is 0 Å². The first-order valence-corrected chi connectivity index (χ1v) is 7.36. The first-order chi connectivity index (χ1) is 10.1. The average molecular weight is 299 g/mol. The van der Waals surface area contributed by atoms with Crippen LogP contribution in [0.3, 0.4) is 0 Å². The number of ether oxygens (including phenoxy) is 2. The number of hydrogen-bond donors (Lipinski definition) is 0. The fourth-order valence-electron chi connectivity index (χ4n) is 2.78. The molecule has 120 valence electrons. The van der Waals surface area contributed by atoms with Crippen LogP contribution in [0.4, 0.5) is 0 Å². The third-order valence-electron chi connectivity index (χ3n) is 3.97. The molecule has 6 nitrogen and oxygen atoms in total. The van der Waals surface area contributed by atoms with Crippen LogP contribution in [0.2, 0.25) is 0 Å². The Morgan fingerprint density at radius 2 is 1.71 bits per heavy atom. The highest BCUT2D eigenvalue weighted by atomic mass is 16.6. The lowest BCUT2D eigenvalue weighted by Gasteiger charge is -2.27. The molecule has 1 fully saturated rings. The van der Waals surface area contributed by atoms with Crippen molar-refractivity contribution in [2.75, 3.05) is 21.3 Å². The Kier molecular flexibility index (Phi) is 7.79. The molecule has 0 aromatic heterocycles. The first kappa shape index (κ1) is 17.5. The van der Waals surface area contributed by atoms with E-state index < -0.39 is 0 Å². The number of nitrogens with zero attached hydrogens (tertiary/aromatic N) is 1. The molecule has 0 aromatic carbocycles. The Bertz CT molecular complexity index is 380. The maximum absolute atomic E-state index is 12.4. The SMILES string of the molecule is CON=C(CCC1CCCC(CCC(=O)OC)C1=O)OC. The number of esters is 1. The summed E-state index contributed by atoms with van der Waals surface area (Å²) in [6, 6.07) is 0. The number of carbonyl (C=O) groups excluding carboxylic acids is 2. The van der Waals surface area contributed by atoms with Gasteiger partial charge < -0.3 is 14.3 Å². The van der Waals surface area contributed by atoms with Gasteiger partial charge in [0.1, 0.15) is 12.9 Å². The fourth-order valence-corrected chi connectivity index (χ4v) is 2.78. The van der Waals surface area contributed by atoms with Gasteiger partial charge in [-0.3, -0.25) is 9.59 Å². The molecule has 0 saturated heterocycles. The summed E-state index contributed by atoms with van der Waals surface area (Å²) >= 11 is 0. The van der Waals surface area contributed by atoms with Gasteiger partial charge in [-0.05, 0) is 25.7 Å². The molecule has 0 aliphatic heterocycles. The van der Waals surface area contributed by atoms with E-state index in [1.165, 1.54) is 14.2 Å². The van der Waals surface area contributed by atoms with E-state index in [9.17, 15) is 9.59 Å². The zero-order valence-corrected chi connectivity index (χ0v) is 13.1. The predicted octanol–water partition coefficient (Wildman–Crippen LogP) is 2.31. The Hall–Kier alpha value is -1.59. The predicted molar refractivity (Wildman–Crippen MR) is 77.8 cm³/mol. The quantitative estimate of drug-likeness (QED) is 0.312. The van der Waals surface area contributed by atoms with E-state index in [0.29, 0.717) is 31.6 Å². The molecule has 0 bridgehead atoms. The van der Waals surface area contributed by atoms with Crippen LogP contribution >= 0.6 is 0 Å². The smallest absolute Gasteiger partial charge is 0.305 e. The minimum atomic E-state index is -0.251. The van der Waals surface area contributed by atoms with E-state index in [0.717, 1.165) is 19.3 Å². The largest absolute Gasteiger partial charge is 0.482 e. The van der Waals surface area contributed by atoms with Gasteiger partial charge in [0.2, 0.25) is 5.90 Å². The molecule has 0 amide bonds. The maximum Gasteiger partial charge on any atom is 0.305 e. The molecule has 1 saturated carbocycles. The third kappa shape index (κ3) is 5.73. The summed E-state index contributed by atoms with van der Waals surface area (Å²) in [7, 11) is 4.38. The molecule has 1 rings (SSSR count). The number of oxime groups is 1. The van der Waals surface area contributed by atoms with Crippen molar-refractivity contribution in [3.05, 3.63) is 0 Å². The fraction of sp³-hybridized carbons (Fsp3) is 0.800. The standard InChI is InChI=1S/C15H25NO5/c1-19-13(16-21-3)9-7-11-5-4-6-12(15(11)18)8-10-14(17)20-2/h11-12H,4-10H2,1-3H3. The van der Waals surface area contributed by atoms with Gasteiger partial charge in [0.05, 0.1) is 14.2 Å². The molecule has 0 spiro atoms. The lowest BCUT2D eigenvalue weighted by atomic mass is 9.76. The van der Waals surface area contributed by atoms with Crippen molar-refractivity contribution in [1.82, 2.24) is 0 Å². The number of Topliss-reactive ketones (excluding diaryl/α,β-unsaturated/α-hetero) is 1. The van der Waals surface area contributed by atoms with Gasteiger partial charge in [-0.25, -0.2) is 0 Å². The van der Waals surface area contributed by atoms with Gasteiger partial charge in [0, 0.05) is 24.7 Å². The number of rotatable bonds is 7. The monoisotopic (exact) mass is 299 g/mol. The van der Waals surface area contributed by atoms with Gasteiger partial charge in [0.25, 0.3) is 0 Å². The second kappa shape index (κ2) is 9.37. The summed E-state index contributed by atoms with van der Waals surface area (Å²) in [5.74, 6) is 0.519. The highest BCUT2D eigenvalue weighted by Crippen LogP contribution is 2.31. The molecule has 21 heavy (non-hydrogen) atoms. The van der Waals surface area contributed by atoms with E-state index in [1.807, 2.05) is 0 Å². The maximum atomic E-state index is 12.4. The van der Waals surface area contributed by atoms with Crippen molar-refractivity contribution >= 4 is 17.7 Å². The van der Waals surface area contributed by atoms with Gasteiger partial charge >= 0.3 is 5.97 Å². The Balaban J connectivity index is 2.46. The van der Waals surface area contributed by atoms with E-state index in [1.54, 1.807) is 7.11 Å². The van der Waals surface area contributed by atoms with Crippen LogP contribution in [0.25, 0.3) is 0 Å². The van der Waals surface area contributed by atoms with Crippen LogP contribution in [0.15, 0.2) is 5.16 Å². The lowest BCUT2D eigenvalue weighted by molar-refractivity contribution is -0.141. The second-order valence-electron chi connectivity index (χ2n) is 5.25. The molecule has 1 aliphatic carbocycles. The summed E-state index contributed by atoms with van der Waals surface area (Å²) in [6.07, 6.45) is 4.99. The molecule has 2 unspecified atom stereocenters. The van der Waals surface area contributed by atoms with Crippen molar-refractivity contribution in [2.45, 2.75) is 44.9 Å². The number of carbonyl (C=O) groups is 2. The summed E-state index contributed by atoms with van der Waals surface area (Å²) < 4.78 is 9.72. The van der Waals surface area contributed by atoms with Gasteiger partial charge in [-0.2, -0.15) is 0 Å². The number of methoxy groups -OCH3 is 2.